The summed E-state index contributed by atoms with van der Waals surface area (Å²) in [5, 5.41) is 5.58. The Bertz CT molecular complexity index is 530. The number of nitrogens with two attached hydrogens (primary N) is 1. The van der Waals surface area contributed by atoms with Crippen molar-refractivity contribution in [1.82, 2.24) is 4.98 Å². The third-order valence-corrected chi connectivity index (χ3v) is 2.82. The van der Waals surface area contributed by atoms with Gasteiger partial charge in [-0.2, -0.15) is 0 Å². The molecule has 0 amide bonds. The van der Waals surface area contributed by atoms with Crippen molar-refractivity contribution >= 4 is 33.9 Å². The van der Waals surface area contributed by atoms with Gasteiger partial charge in [0.25, 0.3) is 0 Å². The summed E-state index contributed by atoms with van der Waals surface area (Å²) in [5.74, 6) is 0.733. The fourth-order valence-corrected chi connectivity index (χ4v) is 1.94. The number of halogens is 1. The summed E-state index contributed by atoms with van der Waals surface area (Å²) in [6.45, 7) is 1.28. The lowest BCUT2D eigenvalue weighted by Gasteiger charge is -2.10. The van der Waals surface area contributed by atoms with Crippen LogP contribution < -0.4 is 11.1 Å². The second-order valence-electron chi connectivity index (χ2n) is 3.64. The fraction of sp³-hybridized carbons (Fsp3) is 0.250. The van der Waals surface area contributed by atoms with Gasteiger partial charge in [0.1, 0.15) is 5.82 Å². The lowest BCUT2D eigenvalue weighted by molar-refractivity contribution is 0.210. The minimum Gasteiger partial charge on any atom is -0.398 e. The first-order chi connectivity index (χ1) is 8.24. The fourth-order valence-electron chi connectivity index (χ4n) is 1.69. The van der Waals surface area contributed by atoms with E-state index in [0.717, 1.165) is 16.6 Å². The van der Waals surface area contributed by atoms with E-state index in [0.29, 0.717) is 23.9 Å². The van der Waals surface area contributed by atoms with E-state index in [4.69, 9.17) is 22.1 Å². The molecule has 0 fully saturated rings. The molecule has 17 heavy (non-hydrogen) atoms. The first-order valence-corrected chi connectivity index (χ1v) is 5.67. The monoisotopic (exact) mass is 251 g/mol. The van der Waals surface area contributed by atoms with E-state index in [1.165, 1.54) is 0 Å². The molecule has 1 aromatic carbocycles. The highest BCUT2D eigenvalue weighted by Gasteiger charge is 2.08. The van der Waals surface area contributed by atoms with Gasteiger partial charge in [-0.25, -0.2) is 4.98 Å². The van der Waals surface area contributed by atoms with Gasteiger partial charge in [-0.1, -0.05) is 11.6 Å². The number of nitrogens with zero attached hydrogens (tertiary/aromatic N) is 1. The topological polar surface area (TPSA) is 60.2 Å². The number of aromatic nitrogens is 1. The highest BCUT2D eigenvalue weighted by Crippen LogP contribution is 2.32. The van der Waals surface area contributed by atoms with E-state index in [-0.39, 0.29) is 0 Å². The van der Waals surface area contributed by atoms with Crippen LogP contribution in [0.5, 0.6) is 0 Å². The Morgan fingerprint density at radius 2 is 2.24 bits per heavy atom. The van der Waals surface area contributed by atoms with Gasteiger partial charge >= 0.3 is 0 Å². The smallest absolute Gasteiger partial charge is 0.135 e. The standard InChI is InChI=1S/C12H14ClN3O/c1-17-7-6-16-12-11-8(4-5-15-12)10(14)3-2-9(11)13/h2-5H,6-7,14H2,1H3,(H,15,16). The summed E-state index contributed by atoms with van der Waals surface area (Å²) in [4.78, 5) is 4.27. The molecule has 4 nitrogen and oxygen atoms in total. The molecule has 0 aliphatic carbocycles. The average molecular weight is 252 g/mol. The second kappa shape index (κ2) is 5.21. The van der Waals surface area contributed by atoms with Gasteiger partial charge in [-0.15, -0.1) is 0 Å². The van der Waals surface area contributed by atoms with Crippen LogP contribution in [0.25, 0.3) is 10.8 Å². The van der Waals surface area contributed by atoms with Crippen molar-refractivity contribution in [1.29, 1.82) is 0 Å². The van der Waals surface area contributed by atoms with Gasteiger partial charge in [-0.05, 0) is 18.2 Å². The van der Waals surface area contributed by atoms with Crippen molar-refractivity contribution < 1.29 is 4.74 Å². The molecule has 90 valence electrons. The first-order valence-electron chi connectivity index (χ1n) is 5.29. The van der Waals surface area contributed by atoms with Crippen molar-refractivity contribution in [3.8, 4) is 0 Å². The Balaban J connectivity index is 2.45. The number of rotatable bonds is 4. The predicted octanol–water partition coefficient (Wildman–Crippen LogP) is 2.53. The van der Waals surface area contributed by atoms with Crippen LogP contribution in [-0.2, 0) is 4.74 Å². The van der Waals surface area contributed by atoms with Crippen LogP contribution in [0, 0.1) is 0 Å². The molecule has 2 rings (SSSR count). The number of hydrogen-bond donors (Lipinski definition) is 2. The quantitative estimate of drug-likeness (QED) is 0.648. The largest absolute Gasteiger partial charge is 0.398 e. The molecule has 0 saturated carbocycles. The molecule has 2 aromatic rings. The molecule has 0 spiro atoms. The molecule has 0 aliphatic heterocycles. The van der Waals surface area contributed by atoms with Gasteiger partial charge in [0, 0.05) is 36.3 Å². The average Bonchev–Trinajstić information content (AvgIpc) is 2.34. The van der Waals surface area contributed by atoms with Crippen LogP contribution in [0.15, 0.2) is 24.4 Å². The van der Waals surface area contributed by atoms with Gasteiger partial charge in [0.15, 0.2) is 0 Å². The molecule has 0 saturated heterocycles. The van der Waals surface area contributed by atoms with Crippen LogP contribution in [0.2, 0.25) is 5.02 Å². The predicted molar refractivity (Wildman–Crippen MR) is 71.5 cm³/mol. The van der Waals surface area contributed by atoms with Gasteiger partial charge in [0.2, 0.25) is 0 Å². The second-order valence-corrected chi connectivity index (χ2v) is 4.05. The van der Waals surface area contributed by atoms with E-state index in [1.807, 2.05) is 6.07 Å². The Morgan fingerprint density at radius 3 is 3.00 bits per heavy atom. The summed E-state index contributed by atoms with van der Waals surface area (Å²) in [7, 11) is 1.66. The maximum atomic E-state index is 6.18. The molecule has 0 bridgehead atoms. The van der Waals surface area contributed by atoms with Crippen molar-refractivity contribution in [3.63, 3.8) is 0 Å². The summed E-state index contributed by atoms with van der Waals surface area (Å²) < 4.78 is 4.98. The Hall–Kier alpha value is -1.52. The number of hydrogen-bond acceptors (Lipinski definition) is 4. The lowest BCUT2D eigenvalue weighted by Crippen LogP contribution is -2.09. The zero-order valence-corrected chi connectivity index (χ0v) is 10.3. The maximum absolute atomic E-state index is 6.18. The zero-order valence-electron chi connectivity index (χ0n) is 9.53. The highest BCUT2D eigenvalue weighted by atomic mass is 35.5. The minimum absolute atomic E-state index is 0.609. The number of fused-ring (bicyclic) bond motifs is 1. The SMILES string of the molecule is COCCNc1nccc2c(N)ccc(Cl)c12. The van der Waals surface area contributed by atoms with E-state index >= 15 is 0 Å². The van der Waals surface area contributed by atoms with Crippen LogP contribution >= 0.6 is 11.6 Å². The molecule has 3 N–H and O–H groups in total. The third-order valence-electron chi connectivity index (χ3n) is 2.51. The van der Waals surface area contributed by atoms with Crippen molar-refractivity contribution in [3.05, 3.63) is 29.4 Å². The van der Waals surface area contributed by atoms with Gasteiger partial charge < -0.3 is 15.8 Å². The number of pyridine rings is 1. The Morgan fingerprint density at radius 1 is 1.41 bits per heavy atom. The molecular weight excluding hydrogens is 238 g/mol. The molecular formula is C12H14ClN3O. The summed E-state index contributed by atoms with van der Waals surface area (Å²) >= 11 is 6.18. The van der Waals surface area contributed by atoms with Crippen LogP contribution in [0.3, 0.4) is 0 Å². The highest BCUT2D eigenvalue weighted by molar-refractivity contribution is 6.37. The lowest BCUT2D eigenvalue weighted by atomic mass is 10.1. The van der Waals surface area contributed by atoms with Crippen molar-refractivity contribution in [2.45, 2.75) is 0 Å². The summed E-state index contributed by atoms with van der Waals surface area (Å²) in [6, 6.07) is 5.43. The molecule has 0 radical (unpaired) electrons. The van der Waals surface area contributed by atoms with Crippen molar-refractivity contribution in [2.75, 3.05) is 31.3 Å². The van der Waals surface area contributed by atoms with Crippen molar-refractivity contribution in [2.24, 2.45) is 0 Å². The summed E-state index contributed by atoms with van der Waals surface area (Å²) in [5.41, 5.74) is 6.61. The maximum Gasteiger partial charge on any atom is 0.135 e. The van der Waals surface area contributed by atoms with E-state index in [9.17, 15) is 0 Å². The zero-order chi connectivity index (χ0) is 12.3. The normalized spacial score (nSPS) is 10.7. The Labute approximate surface area is 105 Å². The number of benzene rings is 1. The van der Waals surface area contributed by atoms with E-state index < -0.39 is 0 Å². The number of ether oxygens (including phenoxy) is 1. The number of nitrogen functional groups attached to an aromatic ring is 1. The number of anilines is 2. The van der Waals surface area contributed by atoms with Gasteiger partial charge in [0.05, 0.1) is 11.6 Å². The molecule has 0 aliphatic rings. The molecule has 0 unspecified atom stereocenters. The van der Waals surface area contributed by atoms with Gasteiger partial charge in [-0.3, -0.25) is 0 Å². The molecule has 1 heterocycles. The molecule has 0 atom stereocenters. The van der Waals surface area contributed by atoms with E-state index in [2.05, 4.69) is 10.3 Å². The van der Waals surface area contributed by atoms with E-state index in [1.54, 1.807) is 25.4 Å². The number of methoxy groups -OCH3 is 1. The first kappa shape index (κ1) is 12.0. The summed E-state index contributed by atoms with van der Waals surface area (Å²) in [6.07, 6.45) is 1.71. The molecule has 5 heteroatoms. The van der Waals surface area contributed by atoms with Crippen LogP contribution in [0.4, 0.5) is 11.5 Å². The Kier molecular flexibility index (Phi) is 3.66. The van der Waals surface area contributed by atoms with Crippen LogP contribution in [-0.4, -0.2) is 25.2 Å². The minimum atomic E-state index is 0.609. The third kappa shape index (κ3) is 2.43. The number of nitrogens with one attached hydrogen (secondary N) is 1. The van der Waals surface area contributed by atoms with Crippen LogP contribution in [0.1, 0.15) is 0 Å². The molecule has 1 aromatic heterocycles.